The summed E-state index contributed by atoms with van der Waals surface area (Å²) in [5.74, 6) is 0. The topological polar surface area (TPSA) is 30.5 Å². The van der Waals surface area contributed by atoms with Crippen LogP contribution in [0.5, 0.6) is 0 Å². The van der Waals surface area contributed by atoms with Gasteiger partial charge in [0.2, 0.25) is 0 Å². The van der Waals surface area contributed by atoms with Crippen molar-refractivity contribution in [2.45, 2.75) is 19.0 Å². The van der Waals surface area contributed by atoms with Crippen LogP contribution in [0, 0.1) is 0 Å². The van der Waals surface area contributed by atoms with Crippen molar-refractivity contribution >= 4 is 15.0 Å². The smallest absolute Gasteiger partial charge is 0.343 e. The van der Waals surface area contributed by atoms with E-state index in [2.05, 4.69) is 24.4 Å². The van der Waals surface area contributed by atoms with E-state index in [0.29, 0.717) is 5.67 Å². The van der Waals surface area contributed by atoms with Crippen molar-refractivity contribution in [2.24, 2.45) is 0 Å². The minimum Gasteiger partial charge on any atom is -0.399 e. The van der Waals surface area contributed by atoms with E-state index >= 15 is 0 Å². The second-order valence-corrected chi connectivity index (χ2v) is 5.85. The third-order valence-corrected chi connectivity index (χ3v) is 4.58. The zero-order chi connectivity index (χ0) is 11.1. The lowest BCUT2D eigenvalue weighted by Crippen LogP contribution is -2.40. The third-order valence-electron chi connectivity index (χ3n) is 2.36. The van der Waals surface area contributed by atoms with Gasteiger partial charge in [0.1, 0.15) is 0 Å². The monoisotopic (exact) mass is 225 g/mol. The van der Waals surface area contributed by atoms with E-state index < -0.39 is 9.28 Å². The molecule has 0 saturated heterocycles. The van der Waals surface area contributed by atoms with Gasteiger partial charge in [-0.15, -0.1) is 0 Å². The Morgan fingerprint density at radius 2 is 1.80 bits per heavy atom. The lowest BCUT2D eigenvalue weighted by molar-refractivity contribution is 0.268. The molecule has 0 heterocycles. The maximum atomic E-state index is 5.38. The van der Waals surface area contributed by atoms with Gasteiger partial charge in [-0.05, 0) is 18.6 Å². The summed E-state index contributed by atoms with van der Waals surface area (Å²) in [6.07, 6.45) is 1.01. The molecule has 0 fully saturated rings. The van der Waals surface area contributed by atoms with E-state index in [9.17, 15) is 0 Å². The summed E-state index contributed by atoms with van der Waals surface area (Å²) in [6.45, 7) is 2.14. The highest BCUT2D eigenvalue weighted by molar-refractivity contribution is 6.47. The number of hydrogen-bond donors (Lipinski definition) is 1. The highest BCUT2D eigenvalue weighted by Crippen LogP contribution is 2.11. The predicted molar refractivity (Wildman–Crippen MR) is 65.3 cm³/mol. The van der Waals surface area contributed by atoms with Gasteiger partial charge in [-0.3, -0.25) is 0 Å². The fourth-order valence-electron chi connectivity index (χ4n) is 1.54. The molecule has 0 bridgehead atoms. The van der Waals surface area contributed by atoms with E-state index in [0.717, 1.165) is 12.1 Å². The summed E-state index contributed by atoms with van der Waals surface area (Å²) >= 11 is 0. The molecule has 4 heteroatoms. The highest BCUT2D eigenvalue weighted by Gasteiger charge is 2.22. The molecule has 1 aromatic rings. The van der Waals surface area contributed by atoms with E-state index in [1.807, 2.05) is 18.2 Å². The molecule has 3 nitrogen and oxygen atoms in total. The van der Waals surface area contributed by atoms with Gasteiger partial charge in [0.05, 0.1) is 5.67 Å². The highest BCUT2D eigenvalue weighted by atomic mass is 28.3. The van der Waals surface area contributed by atoms with Crippen molar-refractivity contribution in [3.05, 3.63) is 30.3 Å². The summed E-state index contributed by atoms with van der Waals surface area (Å²) in [7, 11) is 1.85. The summed E-state index contributed by atoms with van der Waals surface area (Å²) in [5, 5.41) is 3.44. The first kappa shape index (κ1) is 12.2. The molecule has 0 spiro atoms. The number of para-hydroxylation sites is 1. The van der Waals surface area contributed by atoms with Crippen molar-refractivity contribution in [2.75, 3.05) is 19.5 Å². The predicted octanol–water partition coefficient (Wildman–Crippen LogP) is 1.93. The number of anilines is 1. The molecule has 84 valence electrons. The molecule has 1 atom stereocenters. The van der Waals surface area contributed by atoms with Gasteiger partial charge < -0.3 is 14.2 Å². The van der Waals surface area contributed by atoms with Crippen LogP contribution in [0.4, 0.5) is 5.69 Å². The number of rotatable bonds is 6. The average Bonchev–Trinajstić information content (AvgIpc) is 2.30. The van der Waals surface area contributed by atoms with Crippen LogP contribution in [0.2, 0.25) is 0 Å². The Morgan fingerprint density at radius 3 is 2.27 bits per heavy atom. The fraction of sp³-hybridized carbons (Fsp3) is 0.455. The second kappa shape index (κ2) is 6.61. The Labute approximate surface area is 93.3 Å². The van der Waals surface area contributed by atoms with Crippen LogP contribution < -0.4 is 5.32 Å². The molecular weight excluding hydrogens is 206 g/mol. The van der Waals surface area contributed by atoms with Gasteiger partial charge in [0.15, 0.2) is 0 Å². The first-order chi connectivity index (χ1) is 7.31. The van der Waals surface area contributed by atoms with Gasteiger partial charge in [-0.2, -0.15) is 0 Å². The Kier molecular flexibility index (Phi) is 5.38. The standard InChI is InChI=1S/C11H19NO2Si/c1-4-11(15(13-2)14-3)12-10-8-6-5-7-9-10/h5-9,11-12,15H,4H2,1-3H3. The first-order valence-electron chi connectivity index (χ1n) is 5.19. The quantitative estimate of drug-likeness (QED) is 0.750. The number of nitrogens with one attached hydrogen (secondary N) is 1. The molecule has 0 saturated carbocycles. The van der Waals surface area contributed by atoms with Gasteiger partial charge >= 0.3 is 9.28 Å². The van der Waals surface area contributed by atoms with Crippen molar-refractivity contribution in [3.63, 3.8) is 0 Å². The van der Waals surface area contributed by atoms with Crippen LogP contribution in [0.15, 0.2) is 30.3 Å². The zero-order valence-corrected chi connectivity index (χ0v) is 10.7. The summed E-state index contributed by atoms with van der Waals surface area (Å²) in [4.78, 5) is 0. The largest absolute Gasteiger partial charge is 0.399 e. The Balaban J connectivity index is 2.61. The third kappa shape index (κ3) is 3.66. The normalized spacial score (nSPS) is 12.8. The molecule has 1 N–H and O–H groups in total. The molecule has 1 rings (SSSR count). The van der Waals surface area contributed by atoms with E-state index in [1.54, 1.807) is 14.2 Å². The van der Waals surface area contributed by atoms with Crippen molar-refractivity contribution in [3.8, 4) is 0 Å². The minimum absolute atomic E-state index is 0.308. The van der Waals surface area contributed by atoms with Crippen LogP contribution in [-0.2, 0) is 8.85 Å². The summed E-state index contributed by atoms with van der Waals surface area (Å²) < 4.78 is 10.8. The summed E-state index contributed by atoms with van der Waals surface area (Å²) in [6, 6.07) is 10.2. The van der Waals surface area contributed by atoms with Crippen LogP contribution in [0.1, 0.15) is 13.3 Å². The molecule has 0 aromatic heterocycles. The van der Waals surface area contributed by atoms with Crippen molar-refractivity contribution in [1.29, 1.82) is 0 Å². The lowest BCUT2D eigenvalue weighted by Gasteiger charge is -2.23. The first-order valence-corrected chi connectivity index (χ1v) is 6.80. The minimum atomic E-state index is -1.59. The molecule has 0 aliphatic heterocycles. The summed E-state index contributed by atoms with van der Waals surface area (Å²) in [5.41, 5.74) is 1.43. The molecule has 1 unspecified atom stereocenters. The zero-order valence-electron chi connectivity index (χ0n) is 9.57. The van der Waals surface area contributed by atoms with Crippen LogP contribution >= 0.6 is 0 Å². The lowest BCUT2D eigenvalue weighted by atomic mass is 10.3. The van der Waals surface area contributed by atoms with E-state index in [4.69, 9.17) is 8.85 Å². The Hall–Kier alpha value is -0.843. The van der Waals surface area contributed by atoms with Gasteiger partial charge in [0.25, 0.3) is 0 Å². The van der Waals surface area contributed by atoms with Crippen LogP contribution in [0.25, 0.3) is 0 Å². The Bertz CT molecular complexity index is 265. The molecule has 0 aliphatic rings. The van der Waals surface area contributed by atoms with Crippen molar-refractivity contribution < 1.29 is 8.85 Å². The number of benzene rings is 1. The second-order valence-electron chi connectivity index (χ2n) is 3.36. The maximum absolute atomic E-state index is 5.38. The van der Waals surface area contributed by atoms with E-state index in [1.165, 1.54) is 0 Å². The van der Waals surface area contributed by atoms with Gasteiger partial charge in [-0.25, -0.2) is 0 Å². The number of hydrogen-bond acceptors (Lipinski definition) is 3. The molecule has 1 aromatic carbocycles. The Morgan fingerprint density at radius 1 is 1.20 bits per heavy atom. The van der Waals surface area contributed by atoms with Crippen LogP contribution in [-0.4, -0.2) is 29.2 Å². The molecule has 0 aliphatic carbocycles. The van der Waals surface area contributed by atoms with Crippen molar-refractivity contribution in [1.82, 2.24) is 0 Å². The van der Waals surface area contributed by atoms with Gasteiger partial charge in [0, 0.05) is 19.9 Å². The van der Waals surface area contributed by atoms with E-state index in [-0.39, 0.29) is 0 Å². The molecular formula is C11H19NO2Si. The fourth-order valence-corrected chi connectivity index (χ4v) is 3.10. The van der Waals surface area contributed by atoms with Gasteiger partial charge in [-0.1, -0.05) is 25.1 Å². The average molecular weight is 225 g/mol. The maximum Gasteiger partial charge on any atom is 0.343 e. The van der Waals surface area contributed by atoms with Crippen LogP contribution in [0.3, 0.4) is 0 Å². The molecule has 0 radical (unpaired) electrons. The SMILES string of the molecule is CCC(Nc1ccccc1)[SiH](OC)OC. The molecule has 15 heavy (non-hydrogen) atoms. The molecule has 0 amide bonds.